The lowest BCUT2D eigenvalue weighted by Crippen LogP contribution is -2.49. The molecule has 2 aromatic rings. The Morgan fingerprint density at radius 1 is 1.56 bits per heavy atom. The second-order valence-corrected chi connectivity index (χ2v) is 8.12. The lowest BCUT2D eigenvalue weighted by molar-refractivity contribution is 0.172. The zero-order valence-corrected chi connectivity index (χ0v) is 16.0. The molecule has 6 nitrogen and oxygen atoms in total. The molecule has 0 amide bonds. The first-order valence-electron chi connectivity index (χ1n) is 8.44. The van der Waals surface area contributed by atoms with Crippen molar-refractivity contribution in [3.8, 4) is 0 Å². The molecule has 2 aromatic heterocycles. The number of aromatic nitrogens is 2. The summed E-state index contributed by atoms with van der Waals surface area (Å²) >= 11 is 7.34. The Hall–Kier alpha value is -1.57. The van der Waals surface area contributed by atoms with Crippen molar-refractivity contribution in [2.45, 2.75) is 25.5 Å². The SMILES string of the molecule is CN=C(NCC(O)c1ccc(Cl)s1)N1CCC(C)C(n2ccnc2)C1. The van der Waals surface area contributed by atoms with Gasteiger partial charge in [-0.25, -0.2) is 4.98 Å². The molecule has 1 aliphatic rings. The maximum atomic E-state index is 10.3. The topological polar surface area (TPSA) is 65.7 Å². The number of rotatable bonds is 4. The number of likely N-dealkylation sites (tertiary alicyclic amines) is 1. The van der Waals surface area contributed by atoms with E-state index in [1.165, 1.54) is 11.3 Å². The molecule has 2 N–H and O–H groups in total. The van der Waals surface area contributed by atoms with Crippen molar-refractivity contribution < 1.29 is 5.11 Å². The molecule has 0 aromatic carbocycles. The van der Waals surface area contributed by atoms with E-state index in [-0.39, 0.29) is 0 Å². The van der Waals surface area contributed by atoms with E-state index in [1.54, 1.807) is 13.1 Å². The predicted octanol–water partition coefficient (Wildman–Crippen LogP) is 2.79. The molecule has 3 unspecified atom stereocenters. The van der Waals surface area contributed by atoms with E-state index in [2.05, 4.69) is 31.7 Å². The third kappa shape index (κ3) is 4.34. The molecular formula is C17H24ClN5OS. The summed E-state index contributed by atoms with van der Waals surface area (Å²) in [5.74, 6) is 1.40. The lowest BCUT2D eigenvalue weighted by atomic mass is 9.93. The minimum Gasteiger partial charge on any atom is -0.386 e. The number of halogens is 1. The summed E-state index contributed by atoms with van der Waals surface area (Å²) in [4.78, 5) is 11.7. The Kier molecular flexibility index (Phi) is 5.98. The van der Waals surface area contributed by atoms with Crippen molar-refractivity contribution in [1.82, 2.24) is 19.8 Å². The Morgan fingerprint density at radius 3 is 3.04 bits per heavy atom. The van der Waals surface area contributed by atoms with Gasteiger partial charge in [0.1, 0.15) is 6.10 Å². The summed E-state index contributed by atoms with van der Waals surface area (Å²) in [6.07, 6.45) is 6.21. The number of aliphatic imine (C=N–C) groups is 1. The second-order valence-electron chi connectivity index (χ2n) is 6.38. The predicted molar refractivity (Wildman–Crippen MR) is 102 cm³/mol. The minimum absolute atomic E-state index is 0.371. The van der Waals surface area contributed by atoms with E-state index in [0.717, 1.165) is 30.3 Å². The highest BCUT2D eigenvalue weighted by molar-refractivity contribution is 7.16. The van der Waals surface area contributed by atoms with Crippen LogP contribution in [0.2, 0.25) is 4.34 Å². The summed E-state index contributed by atoms with van der Waals surface area (Å²) in [7, 11) is 1.78. The fourth-order valence-corrected chi connectivity index (χ4v) is 4.27. The highest BCUT2D eigenvalue weighted by Crippen LogP contribution is 2.28. The summed E-state index contributed by atoms with van der Waals surface area (Å²) in [6.45, 7) is 4.51. The fourth-order valence-electron chi connectivity index (χ4n) is 3.22. The van der Waals surface area contributed by atoms with Crippen LogP contribution in [0.5, 0.6) is 0 Å². The van der Waals surface area contributed by atoms with Gasteiger partial charge in [-0.1, -0.05) is 18.5 Å². The zero-order chi connectivity index (χ0) is 17.8. The van der Waals surface area contributed by atoms with Crippen LogP contribution in [0.25, 0.3) is 0 Å². The first-order chi connectivity index (χ1) is 12.1. The minimum atomic E-state index is -0.595. The van der Waals surface area contributed by atoms with Crippen molar-refractivity contribution in [3.63, 3.8) is 0 Å². The van der Waals surface area contributed by atoms with Crippen LogP contribution in [0.4, 0.5) is 0 Å². The molecule has 3 rings (SSSR count). The van der Waals surface area contributed by atoms with Gasteiger partial charge in [0.15, 0.2) is 5.96 Å². The Balaban J connectivity index is 1.61. The zero-order valence-electron chi connectivity index (χ0n) is 14.5. The summed E-state index contributed by atoms with van der Waals surface area (Å²) in [5.41, 5.74) is 0. The van der Waals surface area contributed by atoms with Gasteiger partial charge in [-0.2, -0.15) is 0 Å². The molecular weight excluding hydrogens is 358 g/mol. The number of guanidine groups is 1. The molecule has 0 bridgehead atoms. The normalized spacial score (nSPS) is 22.9. The molecule has 0 saturated carbocycles. The average molecular weight is 382 g/mol. The van der Waals surface area contributed by atoms with Gasteiger partial charge in [-0.3, -0.25) is 4.99 Å². The number of hydrogen-bond acceptors (Lipinski definition) is 4. The molecule has 1 fully saturated rings. The Bertz CT molecular complexity index is 702. The van der Waals surface area contributed by atoms with E-state index in [4.69, 9.17) is 11.6 Å². The summed E-state index contributed by atoms with van der Waals surface area (Å²) in [6, 6.07) is 4.04. The third-order valence-electron chi connectivity index (χ3n) is 4.71. The molecule has 136 valence electrons. The first-order valence-corrected chi connectivity index (χ1v) is 9.64. The van der Waals surface area contributed by atoms with Crippen LogP contribution in [-0.2, 0) is 0 Å². The average Bonchev–Trinajstić information content (AvgIpc) is 3.28. The largest absolute Gasteiger partial charge is 0.386 e. The van der Waals surface area contributed by atoms with Crippen LogP contribution in [0, 0.1) is 5.92 Å². The number of hydrogen-bond donors (Lipinski definition) is 2. The molecule has 1 aliphatic heterocycles. The maximum absolute atomic E-state index is 10.3. The lowest BCUT2D eigenvalue weighted by Gasteiger charge is -2.39. The van der Waals surface area contributed by atoms with Crippen molar-refractivity contribution in [3.05, 3.63) is 40.1 Å². The van der Waals surface area contributed by atoms with Gasteiger partial charge in [-0.15, -0.1) is 11.3 Å². The molecule has 0 spiro atoms. The number of nitrogens with zero attached hydrogens (tertiary/aromatic N) is 4. The number of piperidine rings is 1. The van der Waals surface area contributed by atoms with Gasteiger partial charge in [0.05, 0.1) is 16.7 Å². The second kappa shape index (κ2) is 8.21. The first kappa shape index (κ1) is 18.2. The highest BCUT2D eigenvalue weighted by Gasteiger charge is 2.29. The number of imidazole rings is 1. The third-order valence-corrected chi connectivity index (χ3v) is 6.05. The molecule has 1 saturated heterocycles. The van der Waals surface area contributed by atoms with E-state index < -0.39 is 6.10 Å². The standard InChI is InChI=1S/C17H24ClN5OS/c1-12-5-7-22(10-13(12)23-8-6-20-11-23)17(19-2)21-9-14(24)15-3-4-16(18)25-15/h3-4,6,8,11-14,24H,5,7,9-10H2,1-2H3,(H,19,21). The number of aliphatic hydroxyl groups excluding tert-OH is 1. The van der Waals surface area contributed by atoms with Crippen molar-refractivity contribution in [1.29, 1.82) is 0 Å². The number of aliphatic hydroxyl groups is 1. The van der Waals surface area contributed by atoms with E-state index in [9.17, 15) is 5.11 Å². The van der Waals surface area contributed by atoms with Crippen molar-refractivity contribution >= 4 is 28.9 Å². The van der Waals surface area contributed by atoms with E-state index in [1.807, 2.05) is 24.8 Å². The molecule has 3 heterocycles. The monoisotopic (exact) mass is 381 g/mol. The van der Waals surface area contributed by atoms with Crippen LogP contribution in [-0.4, -0.2) is 52.2 Å². The van der Waals surface area contributed by atoms with Gasteiger partial charge in [0, 0.05) is 44.0 Å². The van der Waals surface area contributed by atoms with Gasteiger partial charge >= 0.3 is 0 Å². The van der Waals surface area contributed by atoms with Crippen LogP contribution in [0.15, 0.2) is 35.8 Å². The number of thiophene rings is 1. The molecule has 0 aliphatic carbocycles. The molecule has 8 heteroatoms. The van der Waals surface area contributed by atoms with Gasteiger partial charge in [-0.05, 0) is 24.5 Å². The van der Waals surface area contributed by atoms with Crippen LogP contribution in [0.3, 0.4) is 0 Å². The highest BCUT2D eigenvalue weighted by atomic mass is 35.5. The van der Waals surface area contributed by atoms with E-state index >= 15 is 0 Å². The smallest absolute Gasteiger partial charge is 0.193 e. The van der Waals surface area contributed by atoms with E-state index in [0.29, 0.717) is 22.8 Å². The van der Waals surface area contributed by atoms with Crippen LogP contribution in [0.1, 0.15) is 30.4 Å². The maximum Gasteiger partial charge on any atom is 0.193 e. The van der Waals surface area contributed by atoms with Gasteiger partial charge in [0.2, 0.25) is 0 Å². The van der Waals surface area contributed by atoms with Gasteiger partial charge < -0.3 is 19.9 Å². The van der Waals surface area contributed by atoms with Gasteiger partial charge in [0.25, 0.3) is 0 Å². The Labute approximate surface area is 157 Å². The van der Waals surface area contributed by atoms with Crippen molar-refractivity contribution in [2.75, 3.05) is 26.7 Å². The molecule has 3 atom stereocenters. The molecule has 25 heavy (non-hydrogen) atoms. The van der Waals surface area contributed by atoms with Crippen LogP contribution < -0.4 is 5.32 Å². The summed E-state index contributed by atoms with van der Waals surface area (Å²) < 4.78 is 2.86. The molecule has 0 radical (unpaired) electrons. The summed E-state index contributed by atoms with van der Waals surface area (Å²) in [5, 5.41) is 13.6. The quantitative estimate of drug-likeness (QED) is 0.631. The van der Waals surface area contributed by atoms with Crippen molar-refractivity contribution in [2.24, 2.45) is 10.9 Å². The Morgan fingerprint density at radius 2 is 2.40 bits per heavy atom. The number of nitrogens with one attached hydrogen (secondary N) is 1. The fraction of sp³-hybridized carbons (Fsp3) is 0.529. The van der Waals surface area contributed by atoms with Crippen LogP contribution >= 0.6 is 22.9 Å².